The first-order valence-electron chi connectivity index (χ1n) is 12.4. The van der Waals surface area contributed by atoms with Crippen molar-refractivity contribution in [1.82, 2.24) is 14.9 Å². The van der Waals surface area contributed by atoms with E-state index < -0.39 is 11.9 Å². The lowest BCUT2D eigenvalue weighted by atomic mass is 9.82. The molecule has 0 atom stereocenters. The summed E-state index contributed by atoms with van der Waals surface area (Å²) in [5.41, 5.74) is 7.67. The normalized spacial score (nSPS) is 14.9. The van der Waals surface area contributed by atoms with Crippen LogP contribution in [0.2, 0.25) is 0 Å². The monoisotopic (exact) mass is 520 g/mol. The van der Waals surface area contributed by atoms with Crippen molar-refractivity contribution in [1.29, 1.82) is 0 Å². The number of nitrogens with zero attached hydrogens (tertiary/aromatic N) is 2. The zero-order chi connectivity index (χ0) is 27.4. The van der Waals surface area contributed by atoms with Gasteiger partial charge in [-0.05, 0) is 55.4 Å². The predicted molar refractivity (Wildman–Crippen MR) is 143 cm³/mol. The van der Waals surface area contributed by atoms with Gasteiger partial charge < -0.3 is 30.2 Å². The van der Waals surface area contributed by atoms with E-state index >= 15 is 0 Å². The molecule has 4 N–H and O–H groups in total. The lowest BCUT2D eigenvalue weighted by molar-refractivity contribution is -0.134. The SMILES string of the molecule is COCCNC(=O)c1cc2c(nc(C)n2C)c2c1CCC1(Cc3ccccc3C1)N2.O=C(O)C=CC(=O)O. The number of amides is 1. The number of nitrogens with one attached hydrogen (secondary N) is 2. The summed E-state index contributed by atoms with van der Waals surface area (Å²) in [6.45, 7) is 3.01. The maximum absolute atomic E-state index is 13.0. The molecule has 2 heterocycles. The Morgan fingerprint density at radius 3 is 2.37 bits per heavy atom. The van der Waals surface area contributed by atoms with Crippen molar-refractivity contribution in [2.75, 3.05) is 25.6 Å². The third-order valence-electron chi connectivity index (χ3n) is 7.13. The number of ether oxygens (including phenoxy) is 1. The molecule has 1 amide bonds. The average Bonchev–Trinajstić information content (AvgIpc) is 3.38. The minimum atomic E-state index is -1.26. The van der Waals surface area contributed by atoms with Crippen LogP contribution in [0.25, 0.3) is 11.0 Å². The highest BCUT2D eigenvalue weighted by molar-refractivity contribution is 6.04. The Labute approximate surface area is 220 Å². The number of imidazole rings is 1. The quantitative estimate of drug-likeness (QED) is 0.287. The zero-order valence-electron chi connectivity index (χ0n) is 21.7. The van der Waals surface area contributed by atoms with Crippen LogP contribution in [-0.2, 0) is 40.6 Å². The Hall–Kier alpha value is -4.18. The predicted octanol–water partition coefficient (Wildman–Crippen LogP) is 2.87. The van der Waals surface area contributed by atoms with Gasteiger partial charge >= 0.3 is 11.9 Å². The zero-order valence-corrected chi connectivity index (χ0v) is 21.7. The number of rotatable bonds is 6. The minimum Gasteiger partial charge on any atom is -0.478 e. The van der Waals surface area contributed by atoms with E-state index in [4.69, 9.17) is 19.9 Å². The number of methoxy groups -OCH3 is 1. The molecule has 0 bridgehead atoms. The van der Waals surface area contributed by atoms with E-state index in [-0.39, 0.29) is 11.4 Å². The van der Waals surface area contributed by atoms with Gasteiger partial charge in [0, 0.05) is 44.0 Å². The number of carboxylic acid groups (broad SMARTS) is 2. The Morgan fingerprint density at radius 1 is 1.16 bits per heavy atom. The van der Waals surface area contributed by atoms with Crippen molar-refractivity contribution < 1.29 is 29.3 Å². The molecule has 1 aromatic heterocycles. The number of carbonyl (C=O) groups excluding carboxylic acids is 1. The van der Waals surface area contributed by atoms with Gasteiger partial charge in [-0.1, -0.05) is 24.3 Å². The van der Waals surface area contributed by atoms with Crippen molar-refractivity contribution in [2.24, 2.45) is 7.05 Å². The van der Waals surface area contributed by atoms with E-state index in [1.165, 1.54) is 11.1 Å². The van der Waals surface area contributed by atoms with Crippen molar-refractivity contribution in [3.8, 4) is 0 Å². The molecule has 200 valence electrons. The molecular weight excluding hydrogens is 488 g/mol. The van der Waals surface area contributed by atoms with Crippen LogP contribution >= 0.6 is 0 Å². The van der Waals surface area contributed by atoms with Gasteiger partial charge in [0.1, 0.15) is 11.3 Å². The summed E-state index contributed by atoms with van der Waals surface area (Å²) in [5.74, 6) is -1.61. The van der Waals surface area contributed by atoms with E-state index in [1.807, 2.05) is 20.0 Å². The van der Waals surface area contributed by atoms with Crippen molar-refractivity contribution in [3.63, 3.8) is 0 Å². The largest absolute Gasteiger partial charge is 0.478 e. The molecule has 1 spiro atoms. The van der Waals surface area contributed by atoms with Crippen LogP contribution in [0.5, 0.6) is 0 Å². The van der Waals surface area contributed by atoms with Crippen LogP contribution in [-0.4, -0.2) is 63.4 Å². The van der Waals surface area contributed by atoms with Crippen LogP contribution in [0.4, 0.5) is 5.69 Å². The highest BCUT2D eigenvalue weighted by atomic mass is 16.5. The van der Waals surface area contributed by atoms with Gasteiger partial charge in [0.15, 0.2) is 0 Å². The van der Waals surface area contributed by atoms with Crippen molar-refractivity contribution in [3.05, 3.63) is 70.6 Å². The summed E-state index contributed by atoms with van der Waals surface area (Å²) >= 11 is 0. The molecule has 0 unspecified atom stereocenters. The van der Waals surface area contributed by atoms with Gasteiger partial charge in [-0.25, -0.2) is 14.6 Å². The fourth-order valence-electron chi connectivity index (χ4n) is 5.23. The number of aryl methyl sites for hydroxylation is 2. The second-order valence-corrected chi connectivity index (χ2v) is 9.65. The fourth-order valence-corrected chi connectivity index (χ4v) is 5.23. The number of hydrogen-bond donors (Lipinski definition) is 4. The minimum absolute atomic E-state index is 0.000191. The fraction of sp³-hybridized carbons (Fsp3) is 0.357. The lowest BCUT2D eigenvalue weighted by Gasteiger charge is -2.38. The third-order valence-corrected chi connectivity index (χ3v) is 7.13. The highest BCUT2D eigenvalue weighted by Crippen LogP contribution is 2.44. The summed E-state index contributed by atoms with van der Waals surface area (Å²) < 4.78 is 7.15. The molecule has 0 fully saturated rings. The first-order valence-corrected chi connectivity index (χ1v) is 12.4. The van der Waals surface area contributed by atoms with E-state index in [9.17, 15) is 14.4 Å². The molecule has 2 aliphatic rings. The summed E-state index contributed by atoms with van der Waals surface area (Å²) in [7, 11) is 3.65. The van der Waals surface area contributed by atoms with Gasteiger partial charge in [-0.2, -0.15) is 0 Å². The van der Waals surface area contributed by atoms with Crippen LogP contribution < -0.4 is 10.6 Å². The van der Waals surface area contributed by atoms with Crippen molar-refractivity contribution >= 4 is 34.6 Å². The first kappa shape index (κ1) is 26.9. The number of hydrogen-bond acceptors (Lipinski definition) is 6. The Balaban J connectivity index is 0.000000368. The molecule has 5 rings (SSSR count). The number of carboxylic acids is 2. The van der Waals surface area contributed by atoms with E-state index in [1.54, 1.807) is 7.11 Å². The Morgan fingerprint density at radius 2 is 1.79 bits per heavy atom. The van der Waals surface area contributed by atoms with Crippen LogP contribution in [0, 0.1) is 6.92 Å². The van der Waals surface area contributed by atoms with Gasteiger partial charge in [-0.3, -0.25) is 4.79 Å². The number of benzene rings is 2. The van der Waals surface area contributed by atoms with Crippen LogP contribution in [0.3, 0.4) is 0 Å². The van der Waals surface area contributed by atoms with E-state index in [0.717, 1.165) is 59.4 Å². The third kappa shape index (κ3) is 5.55. The van der Waals surface area contributed by atoms with Gasteiger partial charge in [0.25, 0.3) is 5.91 Å². The number of fused-ring (bicyclic) bond motifs is 4. The second kappa shape index (κ2) is 11.1. The van der Waals surface area contributed by atoms with E-state index in [0.29, 0.717) is 25.3 Å². The first-order chi connectivity index (χ1) is 18.1. The smallest absolute Gasteiger partial charge is 0.328 e. The average molecular weight is 521 g/mol. The maximum Gasteiger partial charge on any atom is 0.328 e. The number of aliphatic carboxylic acids is 2. The molecule has 1 aliphatic carbocycles. The molecule has 10 nitrogen and oxygen atoms in total. The molecule has 1 aliphatic heterocycles. The Bertz CT molecular complexity index is 1380. The number of aromatic nitrogens is 2. The summed E-state index contributed by atoms with van der Waals surface area (Å²) in [4.78, 5) is 37.0. The summed E-state index contributed by atoms with van der Waals surface area (Å²) in [6, 6.07) is 10.7. The van der Waals surface area contributed by atoms with Crippen LogP contribution in [0.1, 0.15) is 39.3 Å². The summed E-state index contributed by atoms with van der Waals surface area (Å²) in [6.07, 6.45) is 5.02. The topological polar surface area (TPSA) is 143 Å². The summed E-state index contributed by atoms with van der Waals surface area (Å²) in [5, 5.41) is 22.5. The molecule has 38 heavy (non-hydrogen) atoms. The van der Waals surface area contributed by atoms with Gasteiger partial charge in [0.2, 0.25) is 0 Å². The maximum atomic E-state index is 13.0. The number of carbonyl (C=O) groups is 3. The Kier molecular flexibility index (Phi) is 7.82. The second-order valence-electron chi connectivity index (χ2n) is 9.65. The van der Waals surface area contributed by atoms with E-state index in [2.05, 4.69) is 39.5 Å². The van der Waals surface area contributed by atoms with Gasteiger partial charge in [0.05, 0.1) is 17.8 Å². The molecule has 10 heteroatoms. The molecular formula is C28H32N4O6. The number of anilines is 1. The highest BCUT2D eigenvalue weighted by Gasteiger charge is 2.41. The molecule has 3 aromatic rings. The van der Waals surface area contributed by atoms with Crippen molar-refractivity contribution in [2.45, 2.75) is 38.1 Å². The lowest BCUT2D eigenvalue weighted by Crippen LogP contribution is -2.43. The molecule has 0 saturated heterocycles. The van der Waals surface area contributed by atoms with Crippen LogP contribution in [0.15, 0.2) is 42.5 Å². The standard InChI is InChI=1S/C24H28N4O2.C4H4O4/c1-15-26-22-20(28(15)2)12-19(23(29)25-10-11-30-3)18-8-9-24(27-21(18)22)13-16-6-4-5-7-17(16)14-24;5-3(6)1-2-4(7)8/h4-7,12,27H,8-11,13-14H2,1-3H3,(H,25,29);1-2H,(H,5,6)(H,7,8). The molecule has 0 radical (unpaired) electrons. The molecule has 0 saturated carbocycles. The van der Waals surface area contributed by atoms with Gasteiger partial charge in [-0.15, -0.1) is 0 Å². The molecule has 2 aromatic carbocycles.